The fraction of sp³-hybridized carbons (Fsp3) is 0.429. The molecule has 46 heavy (non-hydrogen) atoms. The molecule has 0 radical (unpaired) electrons. The monoisotopic (exact) mass is 653 g/mol. The zero-order chi connectivity index (χ0) is 33.5. The van der Waals surface area contributed by atoms with Gasteiger partial charge < -0.3 is 25.6 Å². The SMILES string of the molecule is COC(=O)N[C@H](C(=O)NCCCC[C@@H](CO)N(CCC(C)C)S(=O)(=O)c1ccc(CO)cc1)C(c1ccccc1)c1ccccc1. The van der Waals surface area contributed by atoms with Gasteiger partial charge in [-0.05, 0) is 54.0 Å². The summed E-state index contributed by atoms with van der Waals surface area (Å²) in [5.74, 6) is -0.605. The molecule has 4 N–H and O–H groups in total. The number of aliphatic hydroxyl groups is 2. The van der Waals surface area contributed by atoms with E-state index in [1.54, 1.807) is 12.1 Å². The Labute approximate surface area is 272 Å². The Bertz CT molecular complexity index is 1410. The summed E-state index contributed by atoms with van der Waals surface area (Å²) in [7, 11) is -2.66. The number of methoxy groups -OCH3 is 1. The summed E-state index contributed by atoms with van der Waals surface area (Å²) < 4.78 is 33.5. The highest BCUT2D eigenvalue weighted by atomic mass is 32.2. The number of benzene rings is 3. The zero-order valence-corrected chi connectivity index (χ0v) is 27.7. The summed E-state index contributed by atoms with van der Waals surface area (Å²) in [6.07, 6.45) is 1.35. The molecule has 0 bridgehead atoms. The molecule has 0 unspecified atom stereocenters. The number of nitrogens with one attached hydrogen (secondary N) is 2. The van der Waals surface area contributed by atoms with E-state index < -0.39 is 34.1 Å². The average molecular weight is 654 g/mol. The molecule has 0 spiro atoms. The number of amides is 2. The summed E-state index contributed by atoms with van der Waals surface area (Å²) in [4.78, 5) is 26.1. The molecule has 0 aromatic heterocycles. The highest BCUT2D eigenvalue weighted by molar-refractivity contribution is 7.89. The lowest BCUT2D eigenvalue weighted by Crippen LogP contribution is -2.50. The van der Waals surface area contributed by atoms with Crippen LogP contribution in [0, 0.1) is 5.92 Å². The van der Waals surface area contributed by atoms with Crippen molar-refractivity contribution in [3.8, 4) is 0 Å². The maximum atomic E-state index is 13.7. The first-order chi connectivity index (χ1) is 22.1. The third-order valence-electron chi connectivity index (χ3n) is 7.91. The first-order valence-electron chi connectivity index (χ1n) is 15.7. The van der Waals surface area contributed by atoms with Crippen LogP contribution in [0.2, 0.25) is 0 Å². The van der Waals surface area contributed by atoms with Crippen LogP contribution in [0.4, 0.5) is 4.79 Å². The second kappa shape index (κ2) is 18.4. The van der Waals surface area contributed by atoms with Gasteiger partial charge in [0.1, 0.15) is 6.04 Å². The van der Waals surface area contributed by atoms with Gasteiger partial charge in [-0.1, -0.05) is 93.1 Å². The molecule has 3 aromatic carbocycles. The highest BCUT2D eigenvalue weighted by Crippen LogP contribution is 2.29. The number of unbranched alkanes of at least 4 members (excludes halogenated alkanes) is 1. The van der Waals surface area contributed by atoms with Gasteiger partial charge in [0.05, 0.1) is 25.2 Å². The molecular formula is C35H47N3O7S. The van der Waals surface area contributed by atoms with Crippen LogP contribution < -0.4 is 10.6 Å². The number of carbonyl (C=O) groups is 2. The quantitative estimate of drug-likeness (QED) is 0.149. The Morgan fingerprint density at radius 2 is 1.43 bits per heavy atom. The molecule has 2 amide bonds. The van der Waals surface area contributed by atoms with Gasteiger partial charge in [0.2, 0.25) is 15.9 Å². The summed E-state index contributed by atoms with van der Waals surface area (Å²) in [5, 5.41) is 25.3. The average Bonchev–Trinajstić information content (AvgIpc) is 3.07. The Hall–Kier alpha value is -3.77. The van der Waals surface area contributed by atoms with Crippen LogP contribution in [-0.2, 0) is 26.2 Å². The zero-order valence-electron chi connectivity index (χ0n) is 26.8. The molecule has 0 aliphatic rings. The topological polar surface area (TPSA) is 145 Å². The van der Waals surface area contributed by atoms with E-state index in [0.717, 1.165) is 11.1 Å². The van der Waals surface area contributed by atoms with Gasteiger partial charge >= 0.3 is 6.09 Å². The molecule has 0 fully saturated rings. The van der Waals surface area contributed by atoms with Crippen molar-refractivity contribution < 1.29 is 33.0 Å². The standard InChI is InChI=1S/C35H47N3O7S/c1-26(2)21-23-38(46(43,44)31-19-17-27(24-39)18-20-31)30(25-40)16-10-11-22-36-34(41)33(37-35(42)45-3)32(28-12-6-4-7-13-28)29-14-8-5-9-15-29/h4-9,12-15,17-20,26,30,32-33,39-40H,10-11,16,21-25H2,1-3H3,(H,36,41)(H,37,42)/t30-,33-/m0/s1. The minimum atomic E-state index is -3.91. The van der Waals surface area contributed by atoms with E-state index in [2.05, 4.69) is 10.6 Å². The molecule has 250 valence electrons. The van der Waals surface area contributed by atoms with Gasteiger partial charge in [-0.2, -0.15) is 4.31 Å². The molecule has 3 aromatic rings. The third kappa shape index (κ3) is 10.4. The number of hydrogen-bond donors (Lipinski definition) is 4. The van der Waals surface area contributed by atoms with Crippen LogP contribution in [0.1, 0.15) is 62.1 Å². The number of carbonyl (C=O) groups excluding carboxylic acids is 2. The number of alkyl carbamates (subject to hydrolysis) is 1. The summed E-state index contributed by atoms with van der Waals surface area (Å²) in [5.41, 5.74) is 2.31. The first-order valence-corrected chi connectivity index (χ1v) is 17.1. The van der Waals surface area contributed by atoms with Crippen molar-refractivity contribution in [3.05, 3.63) is 102 Å². The van der Waals surface area contributed by atoms with Gasteiger partial charge in [0.15, 0.2) is 0 Å². The molecule has 10 nitrogen and oxygen atoms in total. The Morgan fingerprint density at radius 3 is 1.93 bits per heavy atom. The summed E-state index contributed by atoms with van der Waals surface area (Å²) in [6, 6.07) is 23.4. The van der Waals surface area contributed by atoms with Crippen LogP contribution in [0.15, 0.2) is 89.8 Å². The van der Waals surface area contributed by atoms with Gasteiger partial charge in [-0.3, -0.25) is 4.79 Å². The molecule has 0 saturated carbocycles. The van der Waals surface area contributed by atoms with Crippen molar-refractivity contribution in [3.63, 3.8) is 0 Å². The summed E-state index contributed by atoms with van der Waals surface area (Å²) in [6.45, 7) is 4.03. The van der Waals surface area contributed by atoms with Gasteiger partial charge in [-0.15, -0.1) is 0 Å². The molecule has 2 atom stereocenters. The molecule has 0 heterocycles. The minimum absolute atomic E-state index is 0.106. The van der Waals surface area contributed by atoms with E-state index in [9.17, 15) is 28.2 Å². The molecule has 0 aliphatic carbocycles. The molecular weight excluding hydrogens is 606 g/mol. The smallest absolute Gasteiger partial charge is 0.407 e. The van der Waals surface area contributed by atoms with E-state index in [1.165, 1.54) is 23.5 Å². The molecule has 0 aliphatic heterocycles. The Morgan fingerprint density at radius 1 is 0.848 bits per heavy atom. The highest BCUT2D eigenvalue weighted by Gasteiger charge is 2.33. The van der Waals surface area contributed by atoms with Crippen molar-refractivity contribution in [1.29, 1.82) is 0 Å². The summed E-state index contributed by atoms with van der Waals surface area (Å²) >= 11 is 0. The van der Waals surface area contributed by atoms with Crippen molar-refractivity contribution >= 4 is 22.0 Å². The van der Waals surface area contributed by atoms with Crippen LogP contribution in [0.3, 0.4) is 0 Å². The second-order valence-electron chi connectivity index (χ2n) is 11.6. The van der Waals surface area contributed by atoms with E-state index in [-0.39, 0.29) is 43.0 Å². The van der Waals surface area contributed by atoms with Crippen LogP contribution in [0.25, 0.3) is 0 Å². The van der Waals surface area contributed by atoms with Gasteiger partial charge in [-0.25, -0.2) is 13.2 Å². The number of ether oxygens (including phenoxy) is 1. The van der Waals surface area contributed by atoms with E-state index in [1.807, 2.05) is 74.5 Å². The number of rotatable bonds is 18. The number of sulfonamides is 1. The van der Waals surface area contributed by atoms with Crippen molar-refractivity contribution in [1.82, 2.24) is 14.9 Å². The Kier molecular flexibility index (Phi) is 14.7. The number of hydrogen-bond acceptors (Lipinski definition) is 7. The predicted molar refractivity (Wildman–Crippen MR) is 178 cm³/mol. The normalized spacial score (nSPS) is 13.0. The fourth-order valence-electron chi connectivity index (χ4n) is 5.32. The molecule has 11 heteroatoms. The second-order valence-corrected chi connectivity index (χ2v) is 13.5. The van der Waals surface area contributed by atoms with Gasteiger partial charge in [0, 0.05) is 25.0 Å². The largest absolute Gasteiger partial charge is 0.453 e. The van der Waals surface area contributed by atoms with Crippen molar-refractivity contribution in [2.75, 3.05) is 26.8 Å². The van der Waals surface area contributed by atoms with Crippen molar-refractivity contribution in [2.24, 2.45) is 5.92 Å². The fourth-order valence-corrected chi connectivity index (χ4v) is 6.98. The minimum Gasteiger partial charge on any atom is -0.453 e. The first kappa shape index (κ1) is 36.7. The van der Waals surface area contributed by atoms with Crippen LogP contribution in [0.5, 0.6) is 0 Å². The third-order valence-corrected chi connectivity index (χ3v) is 9.88. The van der Waals surface area contributed by atoms with Gasteiger partial charge in [0.25, 0.3) is 0 Å². The maximum absolute atomic E-state index is 13.7. The van der Waals surface area contributed by atoms with Crippen molar-refractivity contribution in [2.45, 2.75) is 69.0 Å². The van der Waals surface area contributed by atoms with Crippen LogP contribution in [-0.4, -0.2) is 73.8 Å². The number of nitrogens with zero attached hydrogens (tertiary/aromatic N) is 1. The lowest BCUT2D eigenvalue weighted by molar-refractivity contribution is -0.123. The Balaban J connectivity index is 1.70. The maximum Gasteiger partial charge on any atom is 0.407 e. The molecule has 0 saturated heterocycles. The number of aliphatic hydroxyl groups excluding tert-OH is 2. The van der Waals surface area contributed by atoms with Crippen LogP contribution >= 0.6 is 0 Å². The predicted octanol–water partition coefficient (Wildman–Crippen LogP) is 4.42. The molecule has 3 rings (SSSR count). The van der Waals surface area contributed by atoms with E-state index in [4.69, 9.17) is 4.74 Å². The van der Waals surface area contributed by atoms with E-state index in [0.29, 0.717) is 31.2 Å². The van der Waals surface area contributed by atoms with E-state index >= 15 is 0 Å². The lowest BCUT2D eigenvalue weighted by atomic mass is 9.84. The lowest BCUT2D eigenvalue weighted by Gasteiger charge is -2.30.